The number of nitrogens with one attached hydrogen (secondary N) is 1. The Hall–Kier alpha value is -1.09. The third-order valence-corrected chi connectivity index (χ3v) is 1.36. The second kappa shape index (κ2) is 6.61. The minimum absolute atomic E-state index is 0.348. The zero-order chi connectivity index (χ0) is 9.40. The molecule has 1 unspecified atom stereocenters. The fourth-order valence-electron chi connectivity index (χ4n) is 0.762. The first-order valence-corrected chi connectivity index (χ1v) is 3.90. The van der Waals surface area contributed by atoms with Crippen molar-refractivity contribution in [1.29, 1.82) is 0 Å². The summed E-state index contributed by atoms with van der Waals surface area (Å²) in [5, 5.41) is 11.4. The Bertz CT molecular complexity index is 175. The summed E-state index contributed by atoms with van der Waals surface area (Å²) < 4.78 is 0. The van der Waals surface area contributed by atoms with Gasteiger partial charge < -0.3 is 10.4 Å². The van der Waals surface area contributed by atoms with Crippen LogP contribution in [0.25, 0.3) is 0 Å². The van der Waals surface area contributed by atoms with Crippen molar-refractivity contribution in [3.05, 3.63) is 24.8 Å². The van der Waals surface area contributed by atoms with Gasteiger partial charge in [-0.3, -0.25) is 0 Å². The number of rotatable bonds is 6. The summed E-state index contributed by atoms with van der Waals surface area (Å²) in [5.41, 5.74) is 0. The zero-order valence-electron chi connectivity index (χ0n) is 7.29. The molecule has 0 radical (unpaired) electrons. The van der Waals surface area contributed by atoms with E-state index in [4.69, 9.17) is 5.11 Å². The summed E-state index contributed by atoms with van der Waals surface area (Å²) in [7, 11) is 0. The molecule has 0 aromatic rings. The van der Waals surface area contributed by atoms with Crippen LogP contribution in [-0.2, 0) is 4.79 Å². The van der Waals surface area contributed by atoms with Crippen LogP contribution in [0.3, 0.4) is 0 Å². The third-order valence-electron chi connectivity index (χ3n) is 1.36. The molecule has 0 aromatic carbocycles. The Kier molecular flexibility index (Phi) is 6.01. The predicted molar refractivity (Wildman–Crippen MR) is 49.1 cm³/mol. The minimum Gasteiger partial charge on any atom is -0.478 e. The largest absolute Gasteiger partial charge is 0.478 e. The van der Waals surface area contributed by atoms with Crippen molar-refractivity contribution in [1.82, 2.24) is 5.32 Å². The Labute approximate surface area is 72.8 Å². The Balaban J connectivity index is 3.42. The number of aliphatic carboxylic acids is 1. The summed E-state index contributed by atoms with van der Waals surface area (Å²) >= 11 is 0. The highest BCUT2D eigenvalue weighted by Crippen LogP contribution is 1.89. The van der Waals surface area contributed by atoms with Crippen LogP contribution in [0.2, 0.25) is 0 Å². The molecule has 0 spiro atoms. The van der Waals surface area contributed by atoms with Crippen LogP contribution in [0.4, 0.5) is 0 Å². The Morgan fingerprint density at radius 1 is 1.75 bits per heavy atom. The molecule has 2 N–H and O–H groups in total. The maximum Gasteiger partial charge on any atom is 0.328 e. The van der Waals surface area contributed by atoms with Crippen molar-refractivity contribution in [3.63, 3.8) is 0 Å². The maximum atomic E-state index is 10.0. The second-order valence-electron chi connectivity index (χ2n) is 2.57. The van der Waals surface area contributed by atoms with Gasteiger partial charge in [-0.25, -0.2) is 4.79 Å². The summed E-state index contributed by atoms with van der Waals surface area (Å²) in [6.45, 7) is 6.21. The van der Waals surface area contributed by atoms with Gasteiger partial charge >= 0.3 is 5.97 Å². The van der Waals surface area contributed by atoms with Crippen LogP contribution in [0.1, 0.15) is 13.3 Å². The molecule has 3 heteroatoms. The van der Waals surface area contributed by atoms with Crippen LogP contribution in [0.15, 0.2) is 24.8 Å². The molecule has 0 fully saturated rings. The van der Waals surface area contributed by atoms with Gasteiger partial charge in [-0.15, -0.1) is 6.58 Å². The van der Waals surface area contributed by atoms with Crippen molar-refractivity contribution in [3.8, 4) is 0 Å². The van der Waals surface area contributed by atoms with E-state index in [1.165, 1.54) is 0 Å². The molecule has 0 aliphatic carbocycles. The van der Waals surface area contributed by atoms with Crippen LogP contribution in [-0.4, -0.2) is 23.7 Å². The highest BCUT2D eigenvalue weighted by atomic mass is 16.4. The van der Waals surface area contributed by atoms with Gasteiger partial charge in [-0.1, -0.05) is 12.2 Å². The van der Waals surface area contributed by atoms with E-state index in [0.717, 1.165) is 12.5 Å². The maximum absolute atomic E-state index is 10.0. The number of carbonyl (C=O) groups is 1. The second-order valence-corrected chi connectivity index (χ2v) is 2.57. The Morgan fingerprint density at radius 3 is 2.92 bits per heavy atom. The van der Waals surface area contributed by atoms with E-state index in [1.807, 2.05) is 13.0 Å². The number of carboxylic acids is 1. The first-order valence-electron chi connectivity index (χ1n) is 3.90. The van der Waals surface area contributed by atoms with Crippen LogP contribution in [0.5, 0.6) is 0 Å². The van der Waals surface area contributed by atoms with Crippen molar-refractivity contribution in [2.75, 3.05) is 6.54 Å². The lowest BCUT2D eigenvalue weighted by Gasteiger charge is -2.08. The van der Waals surface area contributed by atoms with Gasteiger partial charge in [0.05, 0.1) is 0 Å². The molecule has 68 valence electrons. The van der Waals surface area contributed by atoms with Crippen LogP contribution < -0.4 is 5.32 Å². The molecule has 0 heterocycles. The van der Waals surface area contributed by atoms with E-state index in [0.29, 0.717) is 12.6 Å². The van der Waals surface area contributed by atoms with Crippen molar-refractivity contribution in [2.24, 2.45) is 0 Å². The molecule has 0 amide bonds. The SMILES string of the molecule is C=CCC(C)NC/C=C/C(=O)O. The van der Waals surface area contributed by atoms with E-state index < -0.39 is 5.97 Å². The molecule has 12 heavy (non-hydrogen) atoms. The summed E-state index contributed by atoms with van der Waals surface area (Å²) in [5.74, 6) is -0.909. The highest BCUT2D eigenvalue weighted by Gasteiger charge is 1.94. The Morgan fingerprint density at radius 2 is 2.42 bits per heavy atom. The fraction of sp³-hybridized carbons (Fsp3) is 0.444. The molecule has 0 saturated heterocycles. The average molecular weight is 169 g/mol. The minimum atomic E-state index is -0.909. The molecule has 0 saturated carbocycles. The monoisotopic (exact) mass is 169 g/mol. The molecule has 0 aliphatic rings. The first kappa shape index (κ1) is 10.9. The lowest BCUT2D eigenvalue weighted by atomic mass is 10.2. The molecule has 0 bridgehead atoms. The number of hydrogen-bond acceptors (Lipinski definition) is 2. The first-order chi connectivity index (χ1) is 5.66. The average Bonchev–Trinajstić information content (AvgIpc) is 1.98. The molecule has 0 aliphatic heterocycles. The molecule has 1 atom stereocenters. The molecular weight excluding hydrogens is 154 g/mol. The van der Waals surface area contributed by atoms with Crippen LogP contribution in [0, 0.1) is 0 Å². The van der Waals surface area contributed by atoms with Gasteiger partial charge in [-0.05, 0) is 13.3 Å². The van der Waals surface area contributed by atoms with Gasteiger partial charge in [0.25, 0.3) is 0 Å². The highest BCUT2D eigenvalue weighted by molar-refractivity contribution is 5.79. The zero-order valence-corrected chi connectivity index (χ0v) is 7.29. The molecule has 0 rings (SSSR count). The topological polar surface area (TPSA) is 49.3 Å². The quantitative estimate of drug-likeness (QED) is 0.463. The lowest BCUT2D eigenvalue weighted by molar-refractivity contribution is -0.131. The summed E-state index contributed by atoms with van der Waals surface area (Å²) in [6, 6.07) is 0.348. The van der Waals surface area contributed by atoms with Gasteiger partial charge in [0.1, 0.15) is 0 Å². The summed E-state index contributed by atoms with van der Waals surface area (Å²) in [4.78, 5) is 10.0. The van der Waals surface area contributed by atoms with E-state index in [1.54, 1.807) is 6.08 Å². The standard InChI is InChI=1S/C9H15NO2/c1-3-5-8(2)10-7-4-6-9(11)12/h3-4,6,8,10H,1,5,7H2,2H3,(H,11,12)/b6-4+. The van der Waals surface area contributed by atoms with Crippen molar-refractivity contribution < 1.29 is 9.90 Å². The smallest absolute Gasteiger partial charge is 0.328 e. The van der Waals surface area contributed by atoms with Crippen LogP contribution >= 0.6 is 0 Å². The van der Waals surface area contributed by atoms with E-state index in [2.05, 4.69) is 11.9 Å². The fourth-order valence-corrected chi connectivity index (χ4v) is 0.762. The molecular formula is C9H15NO2. The van der Waals surface area contributed by atoms with E-state index in [-0.39, 0.29) is 0 Å². The normalized spacial score (nSPS) is 13.1. The van der Waals surface area contributed by atoms with Crippen molar-refractivity contribution >= 4 is 5.97 Å². The molecule has 0 aromatic heterocycles. The van der Waals surface area contributed by atoms with Gasteiger partial charge in [0.2, 0.25) is 0 Å². The number of hydrogen-bond donors (Lipinski definition) is 2. The number of carboxylic acid groups (broad SMARTS) is 1. The third kappa shape index (κ3) is 7.02. The van der Waals surface area contributed by atoms with E-state index >= 15 is 0 Å². The lowest BCUT2D eigenvalue weighted by Crippen LogP contribution is -2.25. The predicted octanol–water partition coefficient (Wildman–Crippen LogP) is 1.18. The summed E-state index contributed by atoms with van der Waals surface area (Å²) in [6.07, 6.45) is 5.44. The van der Waals surface area contributed by atoms with Crippen molar-refractivity contribution in [2.45, 2.75) is 19.4 Å². The van der Waals surface area contributed by atoms with Gasteiger partial charge in [-0.2, -0.15) is 0 Å². The van der Waals surface area contributed by atoms with Gasteiger partial charge in [0, 0.05) is 18.7 Å². The van der Waals surface area contributed by atoms with E-state index in [9.17, 15) is 4.79 Å². The molecule has 3 nitrogen and oxygen atoms in total. The van der Waals surface area contributed by atoms with Gasteiger partial charge in [0.15, 0.2) is 0 Å².